The molecule has 18 heavy (non-hydrogen) atoms. The highest BCUT2D eigenvalue weighted by Gasteiger charge is 2.33. The molecule has 1 heterocycles. The zero-order chi connectivity index (χ0) is 13.9. The molecule has 6 heteroatoms. The normalized spacial score (nSPS) is 24.8. The van der Waals surface area contributed by atoms with Crippen LogP contribution in [0.3, 0.4) is 0 Å². The highest BCUT2D eigenvalue weighted by molar-refractivity contribution is 5.69. The molecule has 0 aromatic heterocycles. The summed E-state index contributed by atoms with van der Waals surface area (Å²) in [4.78, 5) is 23.8. The summed E-state index contributed by atoms with van der Waals surface area (Å²) in [5, 5.41) is 18.5. The Balaban J connectivity index is 2.50. The summed E-state index contributed by atoms with van der Waals surface area (Å²) in [7, 11) is 0. The van der Waals surface area contributed by atoms with Crippen LogP contribution in [-0.4, -0.2) is 52.0 Å². The molecule has 0 saturated carbocycles. The fourth-order valence-corrected chi connectivity index (χ4v) is 1.93. The molecule has 1 amide bonds. The third-order valence-corrected chi connectivity index (χ3v) is 2.81. The van der Waals surface area contributed by atoms with Gasteiger partial charge in [-0.3, -0.25) is 4.79 Å². The number of β-amino-alcohol motifs (C(OH)–C–C–N with tert-alkyl or cyclic N) is 1. The van der Waals surface area contributed by atoms with Crippen molar-refractivity contribution in [3.63, 3.8) is 0 Å². The van der Waals surface area contributed by atoms with Gasteiger partial charge in [-0.25, -0.2) is 4.79 Å². The Morgan fingerprint density at radius 3 is 2.44 bits per heavy atom. The first-order chi connectivity index (χ1) is 8.19. The zero-order valence-electron chi connectivity index (χ0n) is 11.0. The van der Waals surface area contributed by atoms with Crippen molar-refractivity contribution in [3.05, 3.63) is 0 Å². The van der Waals surface area contributed by atoms with Gasteiger partial charge in [0.05, 0.1) is 19.1 Å². The van der Waals surface area contributed by atoms with Crippen LogP contribution in [0.25, 0.3) is 0 Å². The Bertz CT molecular complexity index is 323. The van der Waals surface area contributed by atoms with Gasteiger partial charge in [0.15, 0.2) is 0 Å². The van der Waals surface area contributed by atoms with E-state index in [4.69, 9.17) is 9.84 Å². The number of piperidine rings is 1. The third-order valence-electron chi connectivity index (χ3n) is 2.81. The second-order valence-electron chi connectivity index (χ2n) is 5.64. The van der Waals surface area contributed by atoms with Crippen LogP contribution in [0.2, 0.25) is 0 Å². The largest absolute Gasteiger partial charge is 0.481 e. The number of amides is 1. The second kappa shape index (κ2) is 5.56. The molecule has 104 valence electrons. The summed E-state index contributed by atoms with van der Waals surface area (Å²) in [6.45, 7) is 5.88. The number of aliphatic hydroxyl groups is 1. The first-order valence-electron chi connectivity index (χ1n) is 6.07. The van der Waals surface area contributed by atoms with Gasteiger partial charge in [0.25, 0.3) is 0 Å². The molecule has 0 aromatic rings. The number of aliphatic carboxylic acids is 1. The van der Waals surface area contributed by atoms with Crippen LogP contribution in [0.4, 0.5) is 4.79 Å². The maximum atomic E-state index is 11.8. The SMILES string of the molecule is CC(C)(C)OC(=O)N1CC[C@H](CC(=O)O)[C@@H](O)C1. The Morgan fingerprint density at radius 2 is 2.00 bits per heavy atom. The number of carbonyl (C=O) groups is 2. The van der Waals surface area contributed by atoms with E-state index in [2.05, 4.69) is 0 Å². The molecule has 1 fully saturated rings. The van der Waals surface area contributed by atoms with Gasteiger partial charge < -0.3 is 19.8 Å². The number of carboxylic acids is 1. The van der Waals surface area contributed by atoms with E-state index in [1.165, 1.54) is 4.90 Å². The number of nitrogens with zero attached hydrogens (tertiary/aromatic N) is 1. The number of rotatable bonds is 2. The molecule has 1 saturated heterocycles. The minimum atomic E-state index is -0.926. The molecule has 1 rings (SSSR count). The van der Waals surface area contributed by atoms with E-state index in [1.807, 2.05) is 0 Å². The smallest absolute Gasteiger partial charge is 0.410 e. The van der Waals surface area contributed by atoms with Crippen LogP contribution in [-0.2, 0) is 9.53 Å². The van der Waals surface area contributed by atoms with E-state index in [0.29, 0.717) is 13.0 Å². The van der Waals surface area contributed by atoms with E-state index in [9.17, 15) is 14.7 Å². The summed E-state index contributed by atoms with van der Waals surface area (Å²) >= 11 is 0. The van der Waals surface area contributed by atoms with Gasteiger partial charge in [-0.15, -0.1) is 0 Å². The van der Waals surface area contributed by atoms with Crippen molar-refractivity contribution < 1.29 is 24.5 Å². The van der Waals surface area contributed by atoms with Crippen molar-refractivity contribution in [2.24, 2.45) is 5.92 Å². The van der Waals surface area contributed by atoms with Gasteiger partial charge in [-0.05, 0) is 33.1 Å². The monoisotopic (exact) mass is 259 g/mol. The molecule has 1 aliphatic heterocycles. The summed E-state index contributed by atoms with van der Waals surface area (Å²) in [5.74, 6) is -1.22. The van der Waals surface area contributed by atoms with Gasteiger partial charge in [0.2, 0.25) is 0 Å². The van der Waals surface area contributed by atoms with Crippen molar-refractivity contribution in [2.75, 3.05) is 13.1 Å². The van der Waals surface area contributed by atoms with Gasteiger partial charge in [-0.2, -0.15) is 0 Å². The first-order valence-corrected chi connectivity index (χ1v) is 6.07. The van der Waals surface area contributed by atoms with Crippen LogP contribution >= 0.6 is 0 Å². The number of carboxylic acid groups (broad SMARTS) is 1. The van der Waals surface area contributed by atoms with Crippen LogP contribution in [0, 0.1) is 5.92 Å². The van der Waals surface area contributed by atoms with Crippen LogP contribution in [0.5, 0.6) is 0 Å². The molecule has 0 aromatic carbocycles. The Kier molecular flexibility index (Phi) is 4.56. The maximum Gasteiger partial charge on any atom is 0.410 e. The molecule has 0 aliphatic carbocycles. The molecule has 2 N–H and O–H groups in total. The molecule has 6 nitrogen and oxygen atoms in total. The average molecular weight is 259 g/mol. The van der Waals surface area contributed by atoms with Crippen molar-refractivity contribution in [3.8, 4) is 0 Å². The number of ether oxygens (including phenoxy) is 1. The maximum absolute atomic E-state index is 11.8. The predicted molar refractivity (Wildman–Crippen MR) is 64.2 cm³/mol. The quantitative estimate of drug-likeness (QED) is 0.774. The van der Waals surface area contributed by atoms with Crippen molar-refractivity contribution in [2.45, 2.75) is 45.3 Å². The molecule has 0 radical (unpaired) electrons. The number of likely N-dealkylation sites (tertiary alicyclic amines) is 1. The zero-order valence-corrected chi connectivity index (χ0v) is 11.0. The minimum absolute atomic E-state index is 0.0661. The van der Waals surface area contributed by atoms with E-state index in [-0.39, 0.29) is 18.9 Å². The van der Waals surface area contributed by atoms with Crippen molar-refractivity contribution in [1.82, 2.24) is 4.90 Å². The topological polar surface area (TPSA) is 87.1 Å². The fraction of sp³-hybridized carbons (Fsp3) is 0.833. The number of hydrogen-bond acceptors (Lipinski definition) is 4. The highest BCUT2D eigenvalue weighted by atomic mass is 16.6. The molecular formula is C12H21NO5. The lowest BCUT2D eigenvalue weighted by atomic mass is 9.91. The van der Waals surface area contributed by atoms with Crippen LogP contribution in [0.15, 0.2) is 0 Å². The molecular weight excluding hydrogens is 238 g/mol. The summed E-state index contributed by atoms with van der Waals surface area (Å²) in [5.41, 5.74) is -0.569. The van der Waals surface area contributed by atoms with E-state index in [1.54, 1.807) is 20.8 Å². The highest BCUT2D eigenvalue weighted by Crippen LogP contribution is 2.22. The van der Waals surface area contributed by atoms with E-state index < -0.39 is 23.8 Å². The Morgan fingerprint density at radius 1 is 1.39 bits per heavy atom. The third kappa shape index (κ3) is 4.52. The number of carbonyl (C=O) groups excluding carboxylic acids is 1. The van der Waals surface area contributed by atoms with Crippen LogP contribution in [0.1, 0.15) is 33.6 Å². The second-order valence-corrected chi connectivity index (χ2v) is 5.64. The molecule has 0 spiro atoms. The summed E-state index contributed by atoms with van der Waals surface area (Å²) in [6, 6.07) is 0. The van der Waals surface area contributed by atoms with Crippen molar-refractivity contribution >= 4 is 12.1 Å². The predicted octanol–water partition coefficient (Wildman–Crippen LogP) is 1.08. The molecule has 2 atom stereocenters. The first kappa shape index (κ1) is 14.8. The number of aliphatic hydroxyl groups excluding tert-OH is 1. The van der Waals surface area contributed by atoms with Crippen LogP contribution < -0.4 is 0 Å². The van der Waals surface area contributed by atoms with Gasteiger partial charge in [0.1, 0.15) is 5.60 Å². The van der Waals surface area contributed by atoms with E-state index in [0.717, 1.165) is 0 Å². The fourth-order valence-electron chi connectivity index (χ4n) is 1.93. The van der Waals surface area contributed by atoms with E-state index >= 15 is 0 Å². The summed E-state index contributed by atoms with van der Waals surface area (Å²) in [6.07, 6.45) is -0.853. The Labute approximate surface area is 107 Å². The molecule has 0 bridgehead atoms. The van der Waals surface area contributed by atoms with Gasteiger partial charge >= 0.3 is 12.1 Å². The van der Waals surface area contributed by atoms with Crippen molar-refractivity contribution in [1.29, 1.82) is 0 Å². The lowest BCUT2D eigenvalue weighted by molar-refractivity contribution is -0.139. The van der Waals surface area contributed by atoms with Gasteiger partial charge in [0, 0.05) is 6.54 Å². The Hall–Kier alpha value is -1.30. The van der Waals surface area contributed by atoms with Gasteiger partial charge in [-0.1, -0.05) is 0 Å². The average Bonchev–Trinajstić information content (AvgIpc) is 2.17. The molecule has 0 unspecified atom stereocenters. The lowest BCUT2D eigenvalue weighted by Gasteiger charge is -2.36. The molecule has 1 aliphatic rings. The summed E-state index contributed by atoms with van der Waals surface area (Å²) < 4.78 is 5.20. The minimum Gasteiger partial charge on any atom is -0.481 e. The number of hydrogen-bond donors (Lipinski definition) is 2. The standard InChI is InChI=1S/C12H21NO5/c1-12(2,3)18-11(17)13-5-4-8(6-10(15)16)9(14)7-13/h8-9,14H,4-7H2,1-3H3,(H,15,16)/t8-,9+/m1/s1. The lowest BCUT2D eigenvalue weighted by Crippen LogP contribution is -2.48.